The van der Waals surface area contributed by atoms with Gasteiger partial charge in [-0.1, -0.05) is 68.0 Å². The van der Waals surface area contributed by atoms with Crippen LogP contribution in [0, 0.1) is 0 Å². The summed E-state index contributed by atoms with van der Waals surface area (Å²) in [6.07, 6.45) is 4.81. The molecule has 1 unspecified atom stereocenters. The van der Waals surface area contributed by atoms with Crippen LogP contribution in [0.2, 0.25) is 0 Å². The number of unbranched alkanes of at least 4 members (excludes halogenated alkanes) is 3. The molecule has 21 heteroatoms. The summed E-state index contributed by atoms with van der Waals surface area (Å²) in [5, 5.41) is 58.1. The summed E-state index contributed by atoms with van der Waals surface area (Å²) in [5.41, 5.74) is 12.7. The number of nitrogens with two attached hydrogens (primary N) is 1. The molecule has 0 radical (unpaired) electrons. The van der Waals surface area contributed by atoms with Crippen LogP contribution < -0.4 is 31.9 Å². The molecule has 1 aromatic heterocycles. The highest BCUT2D eigenvalue weighted by atomic mass is 16.7. The highest BCUT2D eigenvalue weighted by Crippen LogP contribution is 2.48. The number of hydrogen-bond donors (Lipinski definition) is 9. The summed E-state index contributed by atoms with van der Waals surface area (Å²) in [4.78, 5) is 65.2. The minimum atomic E-state index is -1.57. The maximum Gasteiger partial charge on any atom is 0.243 e. The smallest absolute Gasteiger partial charge is 0.243 e. The molecule has 5 amide bonds. The van der Waals surface area contributed by atoms with Gasteiger partial charge in [0.2, 0.25) is 35.2 Å². The third-order valence-corrected chi connectivity index (χ3v) is 13.9. The number of ether oxygens (including phenoxy) is 2. The van der Waals surface area contributed by atoms with Crippen molar-refractivity contribution in [3.05, 3.63) is 95.5 Å². The van der Waals surface area contributed by atoms with Gasteiger partial charge in [0.25, 0.3) is 0 Å². The predicted molar refractivity (Wildman–Crippen MR) is 275 cm³/mol. The Bertz CT molecular complexity index is 2540. The van der Waals surface area contributed by atoms with Gasteiger partial charge in [-0.05, 0) is 63.7 Å². The molecule has 3 aliphatic heterocycles. The SMILES string of the molecule is C[N+]1=C(/C=C/C=C2\N(CCCCC(=O)NCCCCCC(=O)NC(CCC(=O)NCc3cn(CCO[C@H]4O[C@H](CO)[C@@H](O)[C@H](O)[C@@H]4O)nn3)C(=O)NCC(N)=O)c3ccccc3C2(C)C)C(C)(C)c2ccccc21. The van der Waals surface area contributed by atoms with E-state index in [4.69, 9.17) is 15.2 Å². The Hall–Kier alpha value is -6.36. The number of aromatic nitrogens is 3. The van der Waals surface area contributed by atoms with Gasteiger partial charge in [0.05, 0.1) is 44.5 Å². The van der Waals surface area contributed by atoms with Crippen molar-refractivity contribution in [1.29, 1.82) is 0 Å². The van der Waals surface area contributed by atoms with Gasteiger partial charge in [0, 0.05) is 66.9 Å². The van der Waals surface area contributed by atoms with Gasteiger partial charge < -0.3 is 61.8 Å². The first-order chi connectivity index (χ1) is 35.3. The fourth-order valence-electron chi connectivity index (χ4n) is 9.76. The highest BCUT2D eigenvalue weighted by Gasteiger charge is 2.45. The first-order valence-electron chi connectivity index (χ1n) is 25.5. The molecule has 1 saturated heterocycles. The highest BCUT2D eigenvalue weighted by molar-refractivity contribution is 6.03. The zero-order valence-corrected chi connectivity index (χ0v) is 43.2. The van der Waals surface area contributed by atoms with Crippen molar-refractivity contribution in [2.24, 2.45) is 5.73 Å². The summed E-state index contributed by atoms with van der Waals surface area (Å²) in [6, 6.07) is 16.0. The van der Waals surface area contributed by atoms with Crippen molar-refractivity contribution < 1.29 is 58.4 Å². The molecule has 21 nitrogen and oxygen atoms in total. The largest absolute Gasteiger partial charge is 0.394 e. The second-order valence-corrected chi connectivity index (χ2v) is 20.1. The van der Waals surface area contributed by atoms with Crippen molar-refractivity contribution in [2.75, 3.05) is 44.8 Å². The van der Waals surface area contributed by atoms with E-state index in [1.165, 1.54) is 38.6 Å². The molecular weight excluding hydrogens is 953 g/mol. The fraction of sp³-hybridized carbons (Fsp3) is 0.547. The van der Waals surface area contributed by atoms with Crippen molar-refractivity contribution in [3.8, 4) is 0 Å². The Kier molecular flexibility index (Phi) is 20.2. The number of allylic oxidation sites excluding steroid dienone is 4. The van der Waals surface area contributed by atoms with E-state index in [0.29, 0.717) is 37.9 Å². The number of carbonyl (C=O) groups is 5. The lowest BCUT2D eigenvalue weighted by atomic mass is 9.81. The number of para-hydroxylation sites is 2. The van der Waals surface area contributed by atoms with E-state index in [0.717, 1.165) is 19.4 Å². The molecule has 6 rings (SSSR count). The molecule has 0 aliphatic carbocycles. The quantitative estimate of drug-likeness (QED) is 0.0385. The van der Waals surface area contributed by atoms with Crippen LogP contribution in [0.5, 0.6) is 0 Å². The molecular formula is C53H75N10O11+. The summed E-state index contributed by atoms with van der Waals surface area (Å²) in [7, 11) is 2.13. The molecule has 10 N–H and O–H groups in total. The average Bonchev–Trinajstić information content (AvgIpc) is 3.98. The lowest BCUT2D eigenvalue weighted by Gasteiger charge is -2.39. The second kappa shape index (κ2) is 26.2. The lowest BCUT2D eigenvalue weighted by Crippen LogP contribution is -2.59. The summed E-state index contributed by atoms with van der Waals surface area (Å²) < 4.78 is 14.5. The molecule has 74 heavy (non-hydrogen) atoms. The molecule has 4 heterocycles. The van der Waals surface area contributed by atoms with Gasteiger partial charge in [-0.3, -0.25) is 24.0 Å². The molecule has 3 aromatic rings. The van der Waals surface area contributed by atoms with Gasteiger partial charge in [0.15, 0.2) is 12.0 Å². The van der Waals surface area contributed by atoms with Crippen LogP contribution in [0.1, 0.15) is 102 Å². The molecule has 402 valence electrons. The normalized spacial score (nSPS) is 21.6. The van der Waals surface area contributed by atoms with Gasteiger partial charge >= 0.3 is 0 Å². The molecule has 0 spiro atoms. The van der Waals surface area contributed by atoms with E-state index in [-0.39, 0.29) is 55.7 Å². The number of primary amides is 1. The van der Waals surface area contributed by atoms with E-state index < -0.39 is 73.5 Å². The number of nitrogens with one attached hydrogen (secondary N) is 4. The number of benzene rings is 2. The van der Waals surface area contributed by atoms with E-state index in [9.17, 15) is 44.4 Å². The van der Waals surface area contributed by atoms with Crippen LogP contribution in [-0.2, 0) is 57.4 Å². The zero-order chi connectivity index (χ0) is 53.6. The maximum atomic E-state index is 12.9. The Labute approximate surface area is 432 Å². The van der Waals surface area contributed by atoms with E-state index in [1.54, 1.807) is 6.20 Å². The van der Waals surface area contributed by atoms with Crippen LogP contribution >= 0.6 is 0 Å². The third kappa shape index (κ3) is 14.5. The van der Waals surface area contributed by atoms with Crippen molar-refractivity contribution in [2.45, 2.75) is 146 Å². The van der Waals surface area contributed by atoms with Gasteiger partial charge in [-0.25, -0.2) is 4.68 Å². The Morgan fingerprint density at radius 1 is 0.838 bits per heavy atom. The van der Waals surface area contributed by atoms with E-state index in [1.807, 2.05) is 0 Å². The maximum absolute atomic E-state index is 12.9. The number of nitrogens with zero attached hydrogens (tertiary/aromatic N) is 5. The first-order valence-corrected chi connectivity index (χ1v) is 25.5. The topological polar surface area (TPSA) is 296 Å². The number of aliphatic hydroxyl groups is 4. The lowest BCUT2D eigenvalue weighted by molar-refractivity contribution is -0.401. The Morgan fingerprint density at radius 3 is 2.28 bits per heavy atom. The molecule has 0 bridgehead atoms. The van der Waals surface area contributed by atoms with Crippen LogP contribution in [0.4, 0.5) is 11.4 Å². The number of amides is 5. The summed E-state index contributed by atoms with van der Waals surface area (Å²) in [6.45, 7) is 9.38. The molecule has 0 saturated carbocycles. The standard InChI is InChI=1S/C53H74N10O11/c1-52(2)35-16-8-10-18-38(35)61(5)41(52)20-15-21-42-53(3,4)36-17-9-11-19-39(36)63(42)27-14-12-22-44(66)55-26-13-6-7-23-46(68)58-37(50(72)57-31-43(54)65)24-25-45(67)56-30-34-32-62(60-59-34)28-29-73-51-49(71)48(70)47(69)40(33-64)74-51/h8-11,15-21,32,37,40,47-49,51,64,69-71H,6-7,12-14,22-31,33H2,1-5H3,(H5-,54,55,56,57,58,65,66,67,68,72)/p+1/t37?,40-,47-,48+,49+,51+/m1/s1. The van der Waals surface area contributed by atoms with Crippen LogP contribution in [0.15, 0.2) is 78.7 Å². The number of rotatable bonds is 27. The monoisotopic (exact) mass is 1030 g/mol. The van der Waals surface area contributed by atoms with Gasteiger partial charge in [-0.15, -0.1) is 5.10 Å². The van der Waals surface area contributed by atoms with Crippen molar-refractivity contribution >= 4 is 46.6 Å². The van der Waals surface area contributed by atoms with Crippen molar-refractivity contribution in [3.63, 3.8) is 0 Å². The van der Waals surface area contributed by atoms with Crippen LogP contribution in [-0.4, -0.2) is 152 Å². The number of carbonyl (C=O) groups excluding carboxylic acids is 5. The minimum absolute atomic E-state index is 0.00432. The minimum Gasteiger partial charge on any atom is -0.394 e. The van der Waals surface area contributed by atoms with Crippen LogP contribution in [0.25, 0.3) is 0 Å². The molecule has 1 fully saturated rings. The Balaban J connectivity index is 0.872. The van der Waals surface area contributed by atoms with Crippen molar-refractivity contribution in [1.82, 2.24) is 36.3 Å². The number of hydrogen-bond acceptors (Lipinski definition) is 14. The second-order valence-electron chi connectivity index (χ2n) is 20.1. The number of aliphatic hydroxyl groups excluding tert-OH is 4. The summed E-state index contributed by atoms with van der Waals surface area (Å²) in [5.74, 6) is -2.31. The zero-order valence-electron chi connectivity index (χ0n) is 43.2. The molecule has 3 aliphatic rings. The van der Waals surface area contributed by atoms with Crippen LogP contribution in [0.3, 0.4) is 0 Å². The van der Waals surface area contributed by atoms with Gasteiger partial charge in [0.1, 0.15) is 43.2 Å². The van der Waals surface area contributed by atoms with Gasteiger partial charge in [-0.2, -0.15) is 4.58 Å². The number of anilines is 1. The van der Waals surface area contributed by atoms with E-state index >= 15 is 0 Å². The first kappa shape index (κ1) is 56.9. The average molecular weight is 1030 g/mol. The predicted octanol–water partition coefficient (Wildman–Crippen LogP) is 1.37. The van der Waals surface area contributed by atoms with E-state index in [2.05, 4.69) is 143 Å². The molecule has 2 aromatic carbocycles. The Morgan fingerprint density at radius 2 is 1.54 bits per heavy atom. The fourth-order valence-corrected chi connectivity index (χ4v) is 9.76. The molecule has 6 atom stereocenters. The third-order valence-electron chi connectivity index (χ3n) is 13.9. The number of fused-ring (bicyclic) bond motifs is 2. The summed E-state index contributed by atoms with van der Waals surface area (Å²) >= 11 is 0.